The van der Waals surface area contributed by atoms with Crippen LogP contribution in [0.15, 0.2) is 0 Å². The summed E-state index contributed by atoms with van der Waals surface area (Å²) in [6.07, 6.45) is 0.828. The number of hydrogen-bond acceptors (Lipinski definition) is 7. The van der Waals surface area contributed by atoms with Crippen LogP contribution >= 0.6 is 0 Å². The maximum Gasteiger partial charge on any atom is 0.334 e. The fourth-order valence-electron chi connectivity index (χ4n) is 2.93. The van der Waals surface area contributed by atoms with Gasteiger partial charge in [0.05, 0.1) is 6.42 Å². The predicted molar refractivity (Wildman–Crippen MR) is 124 cm³/mol. The summed E-state index contributed by atoms with van der Waals surface area (Å²) in [4.78, 5) is 27.1. The summed E-state index contributed by atoms with van der Waals surface area (Å²) in [6.45, 7) is 19.7. The molecule has 0 rings (SSSR count). The van der Waals surface area contributed by atoms with Crippen molar-refractivity contribution in [3.63, 3.8) is 0 Å². The van der Waals surface area contributed by atoms with Crippen molar-refractivity contribution in [1.29, 1.82) is 0 Å². The summed E-state index contributed by atoms with van der Waals surface area (Å²) >= 11 is 0. The molecule has 0 fully saturated rings. The van der Waals surface area contributed by atoms with E-state index in [4.69, 9.17) is 17.7 Å². The molecular weight excluding hydrogens is 422 g/mol. The second-order valence-electron chi connectivity index (χ2n) is 9.42. The number of rotatable bonds is 14. The maximum atomic E-state index is 12.8. The van der Waals surface area contributed by atoms with Crippen LogP contribution in [0.3, 0.4) is 0 Å². The molecule has 0 aromatic rings. The minimum absolute atomic E-state index is 0.00962. The molecule has 0 N–H and O–H groups in total. The Bertz CT molecular complexity index is 513. The first-order chi connectivity index (χ1) is 13.1. The Kier molecular flexibility index (Phi) is 12.1. The van der Waals surface area contributed by atoms with Crippen LogP contribution in [-0.2, 0) is 27.3 Å². The molecule has 0 amide bonds. The van der Waals surface area contributed by atoms with Crippen molar-refractivity contribution in [3.05, 3.63) is 0 Å². The number of carbonyl (C=O) groups excluding carboxylic acids is 2. The minimum atomic E-state index is -2.20. The van der Waals surface area contributed by atoms with Gasteiger partial charge in [-0.2, -0.15) is 0 Å². The highest BCUT2D eigenvalue weighted by Gasteiger charge is 2.34. The van der Waals surface area contributed by atoms with Gasteiger partial charge in [-0.15, -0.1) is 0 Å². The van der Waals surface area contributed by atoms with E-state index in [1.54, 1.807) is 0 Å². The Balaban J connectivity index is 5.10. The van der Waals surface area contributed by atoms with Crippen LogP contribution in [0.4, 0.5) is 0 Å². The number of hydrogen-bond donors (Lipinski definition) is 0. The lowest BCUT2D eigenvalue weighted by Gasteiger charge is -2.31. The predicted octanol–water partition coefficient (Wildman–Crippen LogP) is 3.97. The first-order valence-electron chi connectivity index (χ1n) is 10.6. The van der Waals surface area contributed by atoms with Crippen molar-refractivity contribution in [1.82, 2.24) is 4.90 Å². The highest BCUT2D eigenvalue weighted by molar-refractivity contribution is 6.71. The molecule has 0 aliphatic carbocycles. The van der Waals surface area contributed by atoms with E-state index in [2.05, 4.69) is 6.55 Å². The molecule has 0 aromatic carbocycles. The third-order valence-electron chi connectivity index (χ3n) is 4.03. The molecule has 29 heavy (non-hydrogen) atoms. The van der Waals surface area contributed by atoms with E-state index in [0.717, 1.165) is 12.5 Å². The van der Waals surface area contributed by atoms with E-state index in [0.29, 0.717) is 19.8 Å². The van der Waals surface area contributed by atoms with E-state index in [-0.39, 0.29) is 18.4 Å². The van der Waals surface area contributed by atoms with Crippen molar-refractivity contribution >= 4 is 37.1 Å². The molecule has 0 saturated heterocycles. The molecule has 0 heterocycles. The highest BCUT2D eigenvalue weighted by Crippen LogP contribution is 2.18. The minimum Gasteiger partial charge on any atom is -0.520 e. The van der Waals surface area contributed by atoms with E-state index in [9.17, 15) is 9.59 Å². The summed E-state index contributed by atoms with van der Waals surface area (Å²) in [5, 5.41) is 0. The molecule has 172 valence electrons. The van der Waals surface area contributed by atoms with Gasteiger partial charge >= 0.3 is 14.5 Å². The molecule has 0 aliphatic heterocycles. The zero-order valence-corrected chi connectivity index (χ0v) is 23.2. The van der Waals surface area contributed by atoms with E-state index in [1.807, 2.05) is 65.1 Å². The van der Waals surface area contributed by atoms with Crippen LogP contribution in [-0.4, -0.2) is 74.9 Å². The van der Waals surface area contributed by atoms with Crippen LogP contribution in [0.1, 0.15) is 26.7 Å². The largest absolute Gasteiger partial charge is 0.520 e. The van der Waals surface area contributed by atoms with E-state index >= 15 is 0 Å². The first-order valence-corrected chi connectivity index (χ1v) is 19.9. The van der Waals surface area contributed by atoms with Crippen molar-refractivity contribution in [2.45, 2.75) is 84.6 Å². The van der Waals surface area contributed by atoms with Crippen molar-refractivity contribution in [2.24, 2.45) is 0 Å². The smallest absolute Gasteiger partial charge is 0.334 e. The second kappa shape index (κ2) is 12.4. The normalized spacial score (nSPS) is 14.0. The fourth-order valence-corrected chi connectivity index (χ4v) is 6.83. The quantitative estimate of drug-likeness (QED) is 0.359. The SMILES string of the molecule is CCO[Si](C)(CCCN(C)C(CC(=O)O[Si](C)(C)C)C(=O)O[Si](C)(C)C)OCC. The molecule has 0 radical (unpaired) electrons. The molecule has 1 atom stereocenters. The third kappa shape index (κ3) is 13.4. The number of nitrogens with zero attached hydrogens (tertiary/aromatic N) is 1. The van der Waals surface area contributed by atoms with Crippen LogP contribution in [0, 0.1) is 0 Å². The van der Waals surface area contributed by atoms with Crippen LogP contribution in [0.25, 0.3) is 0 Å². The number of likely N-dealkylation sites (N-methyl/N-ethyl adjacent to an activating group) is 1. The van der Waals surface area contributed by atoms with E-state index in [1.165, 1.54) is 0 Å². The van der Waals surface area contributed by atoms with Gasteiger partial charge in [-0.3, -0.25) is 14.5 Å². The fraction of sp³-hybridized carbons (Fsp3) is 0.895. The lowest BCUT2D eigenvalue weighted by atomic mass is 10.2. The monoisotopic (exact) mass is 465 g/mol. The molecular formula is C19H43NO6Si3. The summed E-state index contributed by atoms with van der Waals surface area (Å²) < 4.78 is 23.0. The topological polar surface area (TPSA) is 74.3 Å². The van der Waals surface area contributed by atoms with Crippen LogP contribution < -0.4 is 0 Å². The molecule has 10 heteroatoms. The standard InChI is InChI=1S/C19H43NO6Si3/c1-11-23-29(10,24-12-2)15-13-14-20(3)17(19(22)26-28(7,8)9)16-18(21)25-27(4,5)6/h17H,11-16H2,1-10H3. The van der Waals surface area contributed by atoms with Crippen molar-refractivity contribution in [3.8, 4) is 0 Å². The Hall–Kier alpha value is -0.529. The van der Waals surface area contributed by atoms with Gasteiger partial charge in [0, 0.05) is 13.2 Å². The van der Waals surface area contributed by atoms with Gasteiger partial charge in [0.1, 0.15) is 6.04 Å². The molecule has 0 saturated carbocycles. The zero-order chi connectivity index (χ0) is 22.9. The Labute approximate surface area is 180 Å². The van der Waals surface area contributed by atoms with Gasteiger partial charge < -0.3 is 17.7 Å². The zero-order valence-electron chi connectivity index (χ0n) is 20.2. The first kappa shape index (κ1) is 28.5. The van der Waals surface area contributed by atoms with Crippen LogP contribution in [0.5, 0.6) is 0 Å². The van der Waals surface area contributed by atoms with Gasteiger partial charge in [-0.1, -0.05) is 0 Å². The lowest BCUT2D eigenvalue weighted by Crippen LogP contribution is -2.47. The maximum absolute atomic E-state index is 12.8. The van der Waals surface area contributed by atoms with Gasteiger partial charge in [-0.25, -0.2) is 0 Å². The summed E-state index contributed by atoms with van der Waals surface area (Å²) in [5.74, 6) is -0.676. The average Bonchev–Trinajstić information content (AvgIpc) is 2.49. The lowest BCUT2D eigenvalue weighted by molar-refractivity contribution is -0.147. The van der Waals surface area contributed by atoms with Gasteiger partial charge in [-0.05, 0) is 85.7 Å². The van der Waals surface area contributed by atoms with Crippen molar-refractivity contribution < 1.29 is 27.3 Å². The van der Waals surface area contributed by atoms with Gasteiger partial charge in [0.15, 0.2) is 0 Å². The van der Waals surface area contributed by atoms with Gasteiger partial charge in [0.25, 0.3) is 5.97 Å². The van der Waals surface area contributed by atoms with Crippen LogP contribution in [0.2, 0.25) is 51.9 Å². The van der Waals surface area contributed by atoms with Crippen molar-refractivity contribution in [2.75, 3.05) is 26.8 Å². The van der Waals surface area contributed by atoms with E-state index < -0.39 is 31.2 Å². The summed E-state index contributed by atoms with van der Waals surface area (Å²) in [7, 11) is -4.42. The molecule has 7 nitrogen and oxygen atoms in total. The Morgan fingerprint density at radius 1 is 0.862 bits per heavy atom. The molecule has 0 spiro atoms. The Morgan fingerprint density at radius 2 is 1.34 bits per heavy atom. The second-order valence-corrected chi connectivity index (χ2v) is 21.6. The summed E-state index contributed by atoms with van der Waals surface area (Å²) in [6, 6.07) is 0.187. The molecule has 0 aromatic heterocycles. The highest BCUT2D eigenvalue weighted by atomic mass is 28.4. The Morgan fingerprint density at radius 3 is 1.76 bits per heavy atom. The molecule has 1 unspecified atom stereocenters. The van der Waals surface area contributed by atoms with Gasteiger partial charge in [0.2, 0.25) is 16.6 Å². The third-order valence-corrected chi connectivity index (χ3v) is 8.75. The molecule has 0 bridgehead atoms. The molecule has 0 aliphatic rings. The summed E-state index contributed by atoms with van der Waals surface area (Å²) in [5.41, 5.74) is 0. The average molecular weight is 466 g/mol. The number of carbonyl (C=O) groups is 2.